The first-order chi connectivity index (χ1) is 16.4. The number of nitrogens with one attached hydrogen (secondary N) is 2. The number of benzene rings is 3. The van der Waals surface area contributed by atoms with Crippen molar-refractivity contribution in [3.8, 4) is 11.5 Å². The van der Waals surface area contributed by atoms with Crippen molar-refractivity contribution in [3.63, 3.8) is 0 Å². The van der Waals surface area contributed by atoms with Crippen molar-refractivity contribution in [2.24, 2.45) is 5.10 Å². The fraction of sp³-hybridized carbons (Fsp3) is 0.125. The van der Waals surface area contributed by atoms with Crippen molar-refractivity contribution in [1.82, 2.24) is 5.43 Å². The van der Waals surface area contributed by atoms with Gasteiger partial charge in [0, 0.05) is 15.7 Å². The summed E-state index contributed by atoms with van der Waals surface area (Å²) in [4.78, 5) is 24.4. The van der Waals surface area contributed by atoms with Crippen molar-refractivity contribution < 1.29 is 23.5 Å². The molecule has 3 aromatic rings. The van der Waals surface area contributed by atoms with E-state index in [4.69, 9.17) is 9.47 Å². The fourth-order valence-electron chi connectivity index (χ4n) is 2.76. The lowest BCUT2D eigenvalue weighted by Gasteiger charge is -2.14. The van der Waals surface area contributed by atoms with Gasteiger partial charge in [0.1, 0.15) is 5.82 Å². The van der Waals surface area contributed by atoms with Gasteiger partial charge < -0.3 is 14.8 Å². The molecule has 0 aliphatic heterocycles. The summed E-state index contributed by atoms with van der Waals surface area (Å²) in [5.74, 6) is -0.419. The number of carbonyl (C=O) groups is 2. The van der Waals surface area contributed by atoms with Gasteiger partial charge in [0.2, 0.25) is 0 Å². The number of ether oxygens (including phenoxy) is 2. The van der Waals surface area contributed by atoms with Crippen LogP contribution in [0.25, 0.3) is 0 Å². The van der Waals surface area contributed by atoms with Crippen LogP contribution in [0.15, 0.2) is 74.7 Å². The van der Waals surface area contributed by atoms with E-state index in [-0.39, 0.29) is 12.5 Å². The van der Waals surface area contributed by atoms with Gasteiger partial charge in [-0.15, -0.1) is 0 Å². The molecule has 3 aromatic carbocycles. The van der Waals surface area contributed by atoms with Gasteiger partial charge in [-0.1, -0.05) is 15.9 Å². The summed E-state index contributed by atoms with van der Waals surface area (Å²) in [5.41, 5.74) is 4.03. The van der Waals surface area contributed by atoms with Crippen LogP contribution in [-0.2, 0) is 4.79 Å². The van der Waals surface area contributed by atoms with E-state index in [1.807, 2.05) is 6.92 Å². The van der Waals surface area contributed by atoms with E-state index in [2.05, 4.69) is 47.7 Å². The number of rotatable bonds is 9. The first kappa shape index (κ1) is 25.4. The molecule has 0 saturated carbocycles. The molecule has 0 radical (unpaired) electrons. The van der Waals surface area contributed by atoms with Crippen LogP contribution >= 0.6 is 31.9 Å². The van der Waals surface area contributed by atoms with Crippen molar-refractivity contribution in [3.05, 3.63) is 86.6 Å². The van der Waals surface area contributed by atoms with Crippen LogP contribution in [0.1, 0.15) is 22.8 Å². The van der Waals surface area contributed by atoms with Gasteiger partial charge in [0.25, 0.3) is 11.8 Å². The molecule has 0 unspecified atom stereocenters. The van der Waals surface area contributed by atoms with Gasteiger partial charge >= 0.3 is 0 Å². The molecule has 2 amide bonds. The first-order valence-electron chi connectivity index (χ1n) is 10.1. The molecule has 0 aliphatic rings. The Hall–Kier alpha value is -3.24. The van der Waals surface area contributed by atoms with Gasteiger partial charge in [-0.3, -0.25) is 9.59 Å². The fourth-order valence-corrected chi connectivity index (χ4v) is 3.60. The molecule has 7 nitrogen and oxygen atoms in total. The Morgan fingerprint density at radius 2 is 1.74 bits per heavy atom. The Bertz CT molecular complexity index is 1190. The summed E-state index contributed by atoms with van der Waals surface area (Å²) >= 11 is 6.75. The van der Waals surface area contributed by atoms with Crippen molar-refractivity contribution in [2.45, 2.75) is 6.92 Å². The average molecular weight is 593 g/mol. The Kier molecular flexibility index (Phi) is 9.17. The number of anilines is 1. The van der Waals surface area contributed by atoms with E-state index in [1.165, 1.54) is 30.5 Å². The highest BCUT2D eigenvalue weighted by molar-refractivity contribution is 9.10. The van der Waals surface area contributed by atoms with Crippen LogP contribution in [0.5, 0.6) is 11.5 Å². The summed E-state index contributed by atoms with van der Waals surface area (Å²) in [5, 5.41) is 6.62. The molecule has 0 bridgehead atoms. The van der Waals surface area contributed by atoms with E-state index in [1.54, 1.807) is 36.4 Å². The van der Waals surface area contributed by atoms with E-state index in [9.17, 15) is 14.0 Å². The van der Waals surface area contributed by atoms with E-state index >= 15 is 0 Å². The molecule has 176 valence electrons. The maximum atomic E-state index is 13.0. The summed E-state index contributed by atoms with van der Waals surface area (Å²) in [6, 6.07) is 15.7. The summed E-state index contributed by atoms with van der Waals surface area (Å²) in [6.07, 6.45) is 1.47. The molecule has 3 rings (SSSR count). The molecule has 0 spiro atoms. The highest BCUT2D eigenvalue weighted by atomic mass is 79.9. The van der Waals surface area contributed by atoms with Crippen molar-refractivity contribution in [2.75, 3.05) is 18.5 Å². The maximum absolute atomic E-state index is 13.0. The average Bonchev–Trinajstić information content (AvgIpc) is 2.80. The van der Waals surface area contributed by atoms with E-state index in [0.717, 1.165) is 4.47 Å². The van der Waals surface area contributed by atoms with Crippen LogP contribution in [0.4, 0.5) is 10.1 Å². The zero-order chi connectivity index (χ0) is 24.5. The second kappa shape index (κ2) is 12.3. The summed E-state index contributed by atoms with van der Waals surface area (Å²) in [7, 11) is 0. The molecule has 0 saturated heterocycles. The number of carbonyl (C=O) groups excluding carboxylic acids is 2. The molecule has 10 heteroatoms. The Labute approximate surface area is 212 Å². The highest BCUT2D eigenvalue weighted by Crippen LogP contribution is 2.36. The second-order valence-electron chi connectivity index (χ2n) is 6.81. The molecule has 0 aromatic heterocycles. The minimum Gasteiger partial charge on any atom is -0.490 e. The van der Waals surface area contributed by atoms with Crippen LogP contribution < -0.4 is 20.2 Å². The lowest BCUT2D eigenvalue weighted by atomic mass is 10.2. The molecular weight excluding hydrogens is 573 g/mol. The second-order valence-corrected chi connectivity index (χ2v) is 8.58. The quantitative estimate of drug-likeness (QED) is 0.252. The van der Waals surface area contributed by atoms with Crippen molar-refractivity contribution >= 4 is 55.6 Å². The van der Waals surface area contributed by atoms with E-state index < -0.39 is 11.7 Å². The van der Waals surface area contributed by atoms with Gasteiger partial charge in [0.05, 0.1) is 17.3 Å². The highest BCUT2D eigenvalue weighted by Gasteiger charge is 2.14. The number of amides is 2. The molecule has 0 aliphatic carbocycles. The molecule has 0 heterocycles. The molecular formula is C24H20Br2FN3O4. The normalized spacial score (nSPS) is 10.7. The monoisotopic (exact) mass is 591 g/mol. The van der Waals surface area contributed by atoms with Crippen molar-refractivity contribution in [1.29, 1.82) is 0 Å². The number of nitrogens with zero attached hydrogens (tertiary/aromatic N) is 1. The summed E-state index contributed by atoms with van der Waals surface area (Å²) in [6.45, 7) is 1.90. The van der Waals surface area contributed by atoms with Gasteiger partial charge in [-0.05, 0) is 89.1 Å². The number of hydrogen-bond acceptors (Lipinski definition) is 5. The van der Waals surface area contributed by atoms with Gasteiger partial charge in [0.15, 0.2) is 18.1 Å². The zero-order valence-corrected chi connectivity index (χ0v) is 21.2. The van der Waals surface area contributed by atoms with E-state index in [0.29, 0.717) is 39.4 Å². The maximum Gasteiger partial charge on any atom is 0.271 e. The molecule has 0 atom stereocenters. The van der Waals surface area contributed by atoms with Gasteiger partial charge in [-0.25, -0.2) is 9.82 Å². The first-order valence-corrected chi connectivity index (χ1v) is 11.7. The third-order valence-corrected chi connectivity index (χ3v) is 5.41. The zero-order valence-electron chi connectivity index (χ0n) is 18.0. The van der Waals surface area contributed by atoms with Crippen LogP contribution in [0.2, 0.25) is 0 Å². The number of hydrogen-bond donors (Lipinski definition) is 2. The lowest BCUT2D eigenvalue weighted by molar-refractivity contribution is -0.118. The standard InChI is InChI=1S/C24H20Br2FN3O4/c1-2-33-21-12-15(13-28-30-24(32)16-3-5-17(25)6-4-16)11-20(26)23(21)34-14-22(31)29-19-9-7-18(27)8-10-19/h3-13H,2,14H2,1H3,(H,29,31)(H,30,32)/b28-13+. The Balaban J connectivity index is 1.65. The van der Waals surface area contributed by atoms with Crippen LogP contribution in [-0.4, -0.2) is 31.2 Å². The topological polar surface area (TPSA) is 89.0 Å². The van der Waals surface area contributed by atoms with Crippen LogP contribution in [0, 0.1) is 5.82 Å². The van der Waals surface area contributed by atoms with Crippen LogP contribution in [0.3, 0.4) is 0 Å². The predicted molar refractivity (Wildman–Crippen MR) is 135 cm³/mol. The predicted octanol–water partition coefficient (Wildman–Crippen LogP) is 5.53. The van der Waals surface area contributed by atoms with Gasteiger partial charge in [-0.2, -0.15) is 5.10 Å². The SMILES string of the molecule is CCOc1cc(/C=N/NC(=O)c2ccc(Br)cc2)cc(Br)c1OCC(=O)Nc1ccc(F)cc1. The largest absolute Gasteiger partial charge is 0.490 e. The smallest absolute Gasteiger partial charge is 0.271 e. The molecule has 34 heavy (non-hydrogen) atoms. The third kappa shape index (κ3) is 7.39. The lowest BCUT2D eigenvalue weighted by Crippen LogP contribution is -2.20. The Morgan fingerprint density at radius 3 is 2.41 bits per heavy atom. The molecule has 0 fully saturated rings. The third-order valence-electron chi connectivity index (χ3n) is 4.29. The molecule has 2 N–H and O–H groups in total. The number of hydrazone groups is 1. The summed E-state index contributed by atoms with van der Waals surface area (Å²) < 4.78 is 25.7. The Morgan fingerprint density at radius 1 is 1.03 bits per heavy atom. The number of halogens is 3. The minimum atomic E-state index is -0.415. The minimum absolute atomic E-state index is 0.285.